The van der Waals surface area contributed by atoms with Gasteiger partial charge in [0.05, 0.1) is 12.1 Å². The van der Waals surface area contributed by atoms with E-state index in [0.29, 0.717) is 25.3 Å². The molecule has 2 aliphatic heterocycles. The third-order valence-electron chi connectivity index (χ3n) is 7.63. The molecule has 44 heavy (non-hydrogen) atoms. The number of piperidine rings is 2. The molecule has 1 amide bonds. The zero-order chi connectivity index (χ0) is 32.7. The Labute approximate surface area is 250 Å². The SMILES string of the molecule is C\C=C(/C=C(\C=C\C(F)(F)F)C(F)(F)F)c1nc(C(F)(F)F)c(CN2CCC(C(=O)NCCCN3CCCC(C)C3)CC2)o1. The van der Waals surface area contributed by atoms with E-state index in [1.807, 2.05) is 0 Å². The Hall–Kier alpha value is -2.81. The van der Waals surface area contributed by atoms with E-state index >= 15 is 0 Å². The molecule has 3 rings (SSSR count). The Balaban J connectivity index is 1.62. The first-order chi connectivity index (χ1) is 20.5. The summed E-state index contributed by atoms with van der Waals surface area (Å²) in [5.74, 6) is -1.21. The molecule has 15 heteroatoms. The third-order valence-corrected chi connectivity index (χ3v) is 7.63. The number of likely N-dealkylation sites (tertiary alicyclic amines) is 2. The fraction of sp³-hybridized carbons (Fsp3) is 0.655. The van der Waals surface area contributed by atoms with Crippen LogP contribution in [0.1, 0.15) is 63.3 Å². The summed E-state index contributed by atoms with van der Waals surface area (Å²) < 4.78 is 124. The maximum atomic E-state index is 13.8. The molecule has 0 saturated carbocycles. The number of oxazole rings is 1. The standard InChI is InChI=1S/C29H37F9N4O2/c1-3-20(16-22(28(33,34)35)7-10-27(30,31)32)26-40-24(29(36,37)38)23(44-26)18-42-14-8-21(9-15-42)25(43)39-11-5-13-41-12-4-6-19(2)17-41/h3,7,10,16,19,21H,4-6,8-9,11-15,17-18H2,1-2H3,(H,39,43)/b10-7+,20-3+,22-16+. The summed E-state index contributed by atoms with van der Waals surface area (Å²) >= 11 is 0. The number of carbonyl (C=O) groups excluding carboxylic acids is 1. The minimum absolute atomic E-state index is 0.112. The number of amides is 1. The van der Waals surface area contributed by atoms with Crippen molar-refractivity contribution in [2.45, 2.75) is 71.0 Å². The van der Waals surface area contributed by atoms with Crippen LogP contribution >= 0.6 is 0 Å². The summed E-state index contributed by atoms with van der Waals surface area (Å²) in [5, 5.41) is 2.94. The topological polar surface area (TPSA) is 61.6 Å². The van der Waals surface area contributed by atoms with Gasteiger partial charge in [0.25, 0.3) is 0 Å². The molecule has 1 aromatic heterocycles. The van der Waals surface area contributed by atoms with E-state index in [9.17, 15) is 44.3 Å². The smallest absolute Gasteiger partial charge is 0.436 e. The number of hydrogen-bond donors (Lipinski definition) is 1. The molecule has 2 aliphatic rings. The fourth-order valence-electron chi connectivity index (χ4n) is 5.35. The first-order valence-corrected chi connectivity index (χ1v) is 14.5. The van der Waals surface area contributed by atoms with Gasteiger partial charge in [0.1, 0.15) is 0 Å². The van der Waals surface area contributed by atoms with Crippen LogP contribution in [0.4, 0.5) is 39.5 Å². The van der Waals surface area contributed by atoms with Crippen molar-refractivity contribution in [2.24, 2.45) is 11.8 Å². The highest BCUT2D eigenvalue weighted by Gasteiger charge is 2.40. The molecule has 1 aromatic rings. The van der Waals surface area contributed by atoms with Gasteiger partial charge in [-0.15, -0.1) is 0 Å². The summed E-state index contributed by atoms with van der Waals surface area (Å²) in [6.07, 6.45) is -10.9. The van der Waals surface area contributed by atoms with E-state index in [0.717, 1.165) is 32.1 Å². The number of carbonyl (C=O) groups is 1. The van der Waals surface area contributed by atoms with Gasteiger partial charge in [0.2, 0.25) is 11.8 Å². The number of alkyl halides is 9. The highest BCUT2D eigenvalue weighted by atomic mass is 19.4. The normalized spacial score (nSPS) is 20.9. The highest BCUT2D eigenvalue weighted by Crippen LogP contribution is 2.36. The van der Waals surface area contributed by atoms with Gasteiger partial charge in [-0.1, -0.05) is 13.0 Å². The van der Waals surface area contributed by atoms with Crippen molar-refractivity contribution < 1.29 is 48.7 Å². The number of nitrogens with one attached hydrogen (secondary N) is 1. The van der Waals surface area contributed by atoms with E-state index in [-0.39, 0.29) is 43.6 Å². The van der Waals surface area contributed by atoms with Gasteiger partial charge in [-0.2, -0.15) is 39.5 Å². The molecule has 248 valence electrons. The molecule has 1 atom stereocenters. The maximum absolute atomic E-state index is 13.8. The van der Waals surface area contributed by atoms with Crippen LogP contribution in [-0.4, -0.2) is 72.3 Å². The van der Waals surface area contributed by atoms with Crippen LogP contribution in [0, 0.1) is 11.8 Å². The van der Waals surface area contributed by atoms with Crippen LogP contribution < -0.4 is 5.32 Å². The van der Waals surface area contributed by atoms with Crippen molar-refractivity contribution in [1.82, 2.24) is 20.1 Å². The summed E-state index contributed by atoms with van der Waals surface area (Å²) in [4.78, 5) is 20.0. The van der Waals surface area contributed by atoms with Crippen LogP contribution in [0.25, 0.3) is 5.57 Å². The highest BCUT2D eigenvalue weighted by molar-refractivity contribution is 5.78. The van der Waals surface area contributed by atoms with E-state index < -0.39 is 53.1 Å². The minimum Gasteiger partial charge on any atom is -0.439 e. The molecule has 0 radical (unpaired) electrons. The number of hydrogen-bond acceptors (Lipinski definition) is 5. The lowest BCUT2D eigenvalue weighted by atomic mass is 9.95. The molecule has 3 heterocycles. The van der Waals surface area contributed by atoms with E-state index in [4.69, 9.17) is 4.42 Å². The monoisotopic (exact) mass is 644 g/mol. The van der Waals surface area contributed by atoms with Crippen LogP contribution in [-0.2, 0) is 17.5 Å². The molecule has 1 N–H and O–H groups in total. The van der Waals surface area contributed by atoms with E-state index in [2.05, 4.69) is 22.1 Å². The molecule has 0 spiro atoms. The fourth-order valence-corrected chi connectivity index (χ4v) is 5.35. The Kier molecular flexibility index (Phi) is 12.1. The molecule has 0 aromatic carbocycles. The third kappa shape index (κ3) is 11.0. The van der Waals surface area contributed by atoms with Gasteiger partial charge in [-0.25, -0.2) is 4.98 Å². The largest absolute Gasteiger partial charge is 0.439 e. The molecule has 0 bridgehead atoms. The second-order valence-electron chi connectivity index (χ2n) is 11.2. The minimum atomic E-state index is -5.24. The lowest BCUT2D eigenvalue weighted by molar-refractivity contribution is -0.142. The summed E-state index contributed by atoms with van der Waals surface area (Å²) in [6.45, 7) is 7.12. The predicted molar refractivity (Wildman–Crippen MR) is 145 cm³/mol. The summed E-state index contributed by atoms with van der Waals surface area (Å²) in [6, 6.07) is 0. The van der Waals surface area contributed by atoms with E-state index in [1.165, 1.54) is 19.8 Å². The molecule has 0 aliphatic carbocycles. The first-order valence-electron chi connectivity index (χ1n) is 14.5. The number of aromatic nitrogens is 1. The quantitative estimate of drug-likeness (QED) is 0.167. The zero-order valence-electron chi connectivity index (χ0n) is 24.5. The molecule has 1 unspecified atom stereocenters. The van der Waals surface area contributed by atoms with Crippen molar-refractivity contribution in [3.05, 3.63) is 47.2 Å². The number of rotatable bonds is 10. The van der Waals surface area contributed by atoms with Crippen LogP contribution in [0.15, 0.2) is 34.3 Å². The maximum Gasteiger partial charge on any atom is 0.436 e. The zero-order valence-corrected chi connectivity index (χ0v) is 24.5. The van der Waals surface area contributed by atoms with Crippen molar-refractivity contribution >= 4 is 11.5 Å². The summed E-state index contributed by atoms with van der Waals surface area (Å²) in [5.41, 5.74) is -3.77. The molecular weight excluding hydrogens is 607 g/mol. The van der Waals surface area contributed by atoms with Gasteiger partial charge in [-0.3, -0.25) is 9.69 Å². The Morgan fingerprint density at radius 3 is 2.27 bits per heavy atom. The lowest BCUT2D eigenvalue weighted by Crippen LogP contribution is -2.41. The molecular formula is C29H37F9N4O2. The van der Waals surface area contributed by atoms with Crippen molar-refractivity contribution in [1.29, 1.82) is 0 Å². The van der Waals surface area contributed by atoms with Gasteiger partial charge in [0.15, 0.2) is 11.5 Å². The molecule has 2 saturated heterocycles. The average Bonchev–Trinajstić information content (AvgIpc) is 3.34. The number of allylic oxidation sites excluding steroid dienone is 6. The van der Waals surface area contributed by atoms with Crippen LogP contribution in [0.3, 0.4) is 0 Å². The van der Waals surface area contributed by atoms with Gasteiger partial charge >= 0.3 is 18.5 Å². The second-order valence-corrected chi connectivity index (χ2v) is 11.2. The average molecular weight is 645 g/mol. The summed E-state index contributed by atoms with van der Waals surface area (Å²) in [7, 11) is 0. The van der Waals surface area contributed by atoms with Crippen molar-refractivity contribution in [3.63, 3.8) is 0 Å². The molecule has 6 nitrogen and oxygen atoms in total. The van der Waals surface area contributed by atoms with Gasteiger partial charge in [-0.05, 0) is 83.3 Å². The Morgan fingerprint density at radius 1 is 1.02 bits per heavy atom. The van der Waals surface area contributed by atoms with Crippen molar-refractivity contribution in [3.8, 4) is 0 Å². The van der Waals surface area contributed by atoms with Crippen LogP contribution in [0.5, 0.6) is 0 Å². The van der Waals surface area contributed by atoms with Crippen molar-refractivity contribution in [2.75, 3.05) is 39.3 Å². The van der Waals surface area contributed by atoms with E-state index in [1.54, 1.807) is 4.90 Å². The lowest BCUT2D eigenvalue weighted by Gasteiger charge is -2.31. The number of halogens is 9. The Bertz CT molecular complexity index is 1190. The van der Waals surface area contributed by atoms with Crippen LogP contribution in [0.2, 0.25) is 0 Å². The number of nitrogens with zero attached hydrogens (tertiary/aromatic N) is 3. The van der Waals surface area contributed by atoms with Gasteiger partial charge < -0.3 is 14.6 Å². The second kappa shape index (κ2) is 15.0. The first kappa shape index (κ1) is 35.7. The Morgan fingerprint density at radius 2 is 1.70 bits per heavy atom. The molecule has 2 fully saturated rings. The van der Waals surface area contributed by atoms with Gasteiger partial charge in [0, 0.05) is 30.7 Å². The predicted octanol–water partition coefficient (Wildman–Crippen LogP) is 7.15.